The minimum absolute atomic E-state index is 0.000326. The van der Waals surface area contributed by atoms with Crippen LogP contribution in [0.3, 0.4) is 0 Å². The van der Waals surface area contributed by atoms with Crippen LogP contribution < -0.4 is 10.6 Å². The van der Waals surface area contributed by atoms with Crippen molar-refractivity contribution in [2.24, 2.45) is 0 Å². The number of hydrogen-bond acceptors (Lipinski definition) is 8. The number of aromatic nitrogens is 3. The summed E-state index contributed by atoms with van der Waals surface area (Å²) in [5, 5.41) is 9.69. The lowest BCUT2D eigenvalue weighted by Crippen LogP contribution is -2.47. The number of nitrogen functional groups attached to an aromatic ring is 1. The Morgan fingerprint density at radius 1 is 1.33 bits per heavy atom. The molecule has 0 radical (unpaired) electrons. The molecule has 0 saturated carbocycles. The molecule has 9 nitrogen and oxygen atoms in total. The van der Waals surface area contributed by atoms with Gasteiger partial charge in [-0.1, -0.05) is 18.5 Å². The molecule has 2 aromatic rings. The second kappa shape index (κ2) is 9.79. The van der Waals surface area contributed by atoms with Gasteiger partial charge in [0, 0.05) is 43.7 Å². The third kappa shape index (κ3) is 4.76. The molecule has 0 bridgehead atoms. The Labute approximate surface area is 198 Å². The van der Waals surface area contributed by atoms with E-state index in [2.05, 4.69) is 40.6 Å². The fourth-order valence-electron chi connectivity index (χ4n) is 4.89. The summed E-state index contributed by atoms with van der Waals surface area (Å²) in [6, 6.07) is 0. The number of anilines is 2. The molecule has 4 heterocycles. The molecule has 33 heavy (non-hydrogen) atoms. The molecular weight excluding hydrogens is 444 g/mol. The summed E-state index contributed by atoms with van der Waals surface area (Å²) in [6.07, 6.45) is 2.78. The van der Waals surface area contributed by atoms with Crippen molar-refractivity contribution in [1.82, 2.24) is 19.9 Å². The zero-order valence-electron chi connectivity index (χ0n) is 19.3. The van der Waals surface area contributed by atoms with E-state index in [4.69, 9.17) is 22.1 Å². The Balaban J connectivity index is 1.59. The summed E-state index contributed by atoms with van der Waals surface area (Å²) < 4.78 is 5.47. The molecule has 1 fully saturated rings. The van der Waals surface area contributed by atoms with Crippen LogP contribution in [0.5, 0.6) is 0 Å². The molecule has 1 saturated heterocycles. The molecule has 178 valence electrons. The fraction of sp³-hybridized carbons (Fsp3) is 0.565. The van der Waals surface area contributed by atoms with Crippen LogP contribution in [-0.2, 0) is 22.5 Å². The third-order valence-corrected chi connectivity index (χ3v) is 6.92. The number of morpholine rings is 1. The highest BCUT2D eigenvalue weighted by atomic mass is 35.5. The number of carbonyl (C=O) groups is 1. The first-order chi connectivity index (χ1) is 15.8. The molecule has 10 heteroatoms. The summed E-state index contributed by atoms with van der Waals surface area (Å²) >= 11 is 6.50. The van der Waals surface area contributed by atoms with Gasteiger partial charge in [-0.05, 0) is 37.0 Å². The van der Waals surface area contributed by atoms with Gasteiger partial charge in [0.2, 0.25) is 11.9 Å². The van der Waals surface area contributed by atoms with E-state index >= 15 is 0 Å². The van der Waals surface area contributed by atoms with Gasteiger partial charge in [0.1, 0.15) is 11.0 Å². The largest absolute Gasteiger partial charge is 0.394 e. The topological polar surface area (TPSA) is 118 Å². The first-order valence-electron chi connectivity index (χ1n) is 11.3. The maximum absolute atomic E-state index is 13.1. The summed E-state index contributed by atoms with van der Waals surface area (Å²) in [7, 11) is 0. The maximum atomic E-state index is 13.1. The van der Waals surface area contributed by atoms with Crippen LogP contribution >= 0.6 is 11.6 Å². The molecule has 2 atom stereocenters. The van der Waals surface area contributed by atoms with E-state index in [0.717, 1.165) is 17.7 Å². The van der Waals surface area contributed by atoms with Gasteiger partial charge in [0.25, 0.3) is 0 Å². The van der Waals surface area contributed by atoms with E-state index in [-0.39, 0.29) is 42.1 Å². The normalized spacial score (nSPS) is 20.3. The number of nitrogens with two attached hydrogens (primary N) is 1. The van der Waals surface area contributed by atoms with E-state index < -0.39 is 0 Å². The van der Waals surface area contributed by atoms with Crippen molar-refractivity contribution in [3.05, 3.63) is 39.3 Å². The monoisotopic (exact) mass is 474 g/mol. The van der Waals surface area contributed by atoms with Crippen LogP contribution in [0.15, 0.2) is 6.20 Å². The highest BCUT2D eigenvalue weighted by molar-refractivity contribution is 6.30. The number of aliphatic hydroxyl groups is 1. The molecule has 0 aromatic carbocycles. The van der Waals surface area contributed by atoms with E-state index in [1.54, 1.807) is 4.90 Å². The number of hydrogen-bond donors (Lipinski definition) is 2. The Kier molecular flexibility index (Phi) is 7.02. The second-order valence-corrected chi connectivity index (χ2v) is 9.11. The van der Waals surface area contributed by atoms with E-state index in [9.17, 15) is 9.90 Å². The molecule has 0 spiro atoms. The summed E-state index contributed by atoms with van der Waals surface area (Å²) in [5.41, 5.74) is 11.3. The quantitative estimate of drug-likeness (QED) is 0.610. The minimum Gasteiger partial charge on any atom is -0.394 e. The number of ether oxygens (including phenoxy) is 1. The Morgan fingerprint density at radius 3 is 2.85 bits per heavy atom. The lowest BCUT2D eigenvalue weighted by Gasteiger charge is -2.32. The molecule has 2 aliphatic heterocycles. The number of carbonyl (C=O) groups excluding carboxylic acids is 1. The maximum Gasteiger partial charge on any atom is 0.223 e. The third-order valence-electron chi connectivity index (χ3n) is 6.63. The zero-order valence-corrected chi connectivity index (χ0v) is 20.1. The highest BCUT2D eigenvalue weighted by Gasteiger charge is 2.37. The van der Waals surface area contributed by atoms with Gasteiger partial charge in [0.05, 0.1) is 31.6 Å². The SMILES string of the molecule is CCc1c(C)cnc(CN2C[C@H](CC(=O)N3CCO[C@H](CO)C3)c3c(Cl)nc(N)nc32)c1C. The lowest BCUT2D eigenvalue weighted by atomic mass is 9.99. The number of rotatable bonds is 6. The molecule has 0 unspecified atom stereocenters. The van der Waals surface area contributed by atoms with Gasteiger partial charge >= 0.3 is 0 Å². The first kappa shape index (κ1) is 23.7. The molecule has 2 aliphatic rings. The predicted molar refractivity (Wildman–Crippen MR) is 126 cm³/mol. The Bertz CT molecular complexity index is 1050. The number of nitrogens with zero attached hydrogens (tertiary/aromatic N) is 5. The van der Waals surface area contributed by atoms with Crippen molar-refractivity contribution in [3.63, 3.8) is 0 Å². The number of pyridine rings is 1. The molecule has 0 aliphatic carbocycles. The minimum atomic E-state index is -0.342. The van der Waals surface area contributed by atoms with Crippen molar-refractivity contribution < 1.29 is 14.6 Å². The Morgan fingerprint density at radius 2 is 2.12 bits per heavy atom. The smallest absolute Gasteiger partial charge is 0.223 e. The van der Waals surface area contributed by atoms with Gasteiger partial charge < -0.3 is 25.4 Å². The van der Waals surface area contributed by atoms with Gasteiger partial charge in [-0.3, -0.25) is 9.78 Å². The standard InChI is InChI=1S/C23H31ClN6O3/c1-4-17-13(2)8-26-18(14(17)3)11-30-9-15(20-21(24)27-23(25)28-22(20)30)7-19(32)29-5-6-33-16(10-29)12-31/h8,15-16,31H,4-7,9-12H2,1-3H3,(H2,25,27,28)/t15-,16-/m0/s1. The van der Waals surface area contributed by atoms with Crippen LogP contribution in [0.4, 0.5) is 11.8 Å². The number of halogens is 1. The summed E-state index contributed by atoms with van der Waals surface area (Å²) in [4.78, 5) is 30.2. The average molecular weight is 475 g/mol. The molecule has 1 amide bonds. The van der Waals surface area contributed by atoms with Crippen molar-refractivity contribution in [2.45, 2.75) is 52.2 Å². The number of amides is 1. The summed E-state index contributed by atoms with van der Waals surface area (Å²) in [5.74, 6) is 0.616. The molecule has 3 N–H and O–H groups in total. The number of aryl methyl sites for hydroxylation is 1. The van der Waals surface area contributed by atoms with Crippen LogP contribution in [-0.4, -0.2) is 69.8 Å². The average Bonchev–Trinajstić information content (AvgIpc) is 3.13. The van der Waals surface area contributed by atoms with Gasteiger partial charge in [-0.25, -0.2) is 4.98 Å². The van der Waals surface area contributed by atoms with Crippen LogP contribution in [0.1, 0.15) is 47.2 Å². The van der Waals surface area contributed by atoms with Crippen molar-refractivity contribution in [1.29, 1.82) is 0 Å². The fourth-order valence-corrected chi connectivity index (χ4v) is 5.21. The van der Waals surface area contributed by atoms with Gasteiger partial charge in [-0.15, -0.1) is 0 Å². The van der Waals surface area contributed by atoms with E-state index in [1.807, 2.05) is 6.20 Å². The second-order valence-electron chi connectivity index (χ2n) is 8.75. The van der Waals surface area contributed by atoms with E-state index in [0.29, 0.717) is 38.6 Å². The highest BCUT2D eigenvalue weighted by Crippen LogP contribution is 2.42. The van der Waals surface area contributed by atoms with E-state index in [1.165, 1.54) is 16.7 Å². The van der Waals surface area contributed by atoms with Crippen LogP contribution in [0.2, 0.25) is 5.15 Å². The predicted octanol–water partition coefficient (Wildman–Crippen LogP) is 2.00. The first-order valence-corrected chi connectivity index (χ1v) is 11.7. The van der Waals surface area contributed by atoms with Crippen LogP contribution in [0.25, 0.3) is 0 Å². The Hall–Kier alpha value is -2.49. The number of fused-ring (bicyclic) bond motifs is 1. The van der Waals surface area contributed by atoms with Crippen LogP contribution in [0, 0.1) is 13.8 Å². The summed E-state index contributed by atoms with van der Waals surface area (Å²) in [6.45, 7) is 8.66. The molecular formula is C23H31ClN6O3. The van der Waals surface area contributed by atoms with Gasteiger partial charge in [0.15, 0.2) is 0 Å². The van der Waals surface area contributed by atoms with Gasteiger partial charge in [-0.2, -0.15) is 4.98 Å². The number of aliphatic hydroxyl groups excluding tert-OH is 1. The van der Waals surface area contributed by atoms with Crippen molar-refractivity contribution >= 4 is 29.3 Å². The zero-order chi connectivity index (χ0) is 23.7. The molecule has 4 rings (SSSR count). The lowest BCUT2D eigenvalue weighted by molar-refractivity contribution is -0.140. The van der Waals surface area contributed by atoms with Crippen molar-refractivity contribution in [3.8, 4) is 0 Å². The molecule has 2 aromatic heterocycles. The van der Waals surface area contributed by atoms with Crippen molar-refractivity contribution in [2.75, 3.05) is 43.5 Å².